The summed E-state index contributed by atoms with van der Waals surface area (Å²) in [6.45, 7) is -3.49. The second-order valence-electron chi connectivity index (χ2n) is 12.1. The molecule has 11 N–H and O–H groups in total. The molecule has 0 amide bonds. The van der Waals surface area contributed by atoms with Crippen LogP contribution in [0.2, 0.25) is 0 Å². The third kappa shape index (κ3) is 14.3. The molecule has 0 radical (unpaired) electrons. The minimum atomic E-state index is -4.98. The van der Waals surface area contributed by atoms with Crippen molar-refractivity contribution in [1.29, 1.82) is 0 Å². The molecule has 0 bridgehead atoms. The van der Waals surface area contributed by atoms with Gasteiger partial charge in [0.15, 0.2) is 0 Å². The number of rotatable bonds is 23. The summed E-state index contributed by atoms with van der Waals surface area (Å²) in [6.07, 6.45) is 3.54. The molecule has 4 aromatic rings. The van der Waals surface area contributed by atoms with E-state index < -0.39 is 103 Å². The van der Waals surface area contributed by atoms with E-state index in [-0.39, 0.29) is 63.7 Å². The summed E-state index contributed by atoms with van der Waals surface area (Å²) in [4.78, 5) is 24.3. The molecule has 2 heterocycles. The van der Waals surface area contributed by atoms with Crippen molar-refractivity contribution in [2.45, 2.75) is 21.9 Å². The zero-order valence-electron chi connectivity index (χ0n) is 30.7. The van der Waals surface area contributed by atoms with E-state index in [0.29, 0.717) is 0 Å². The molecule has 0 aliphatic heterocycles. The Balaban J connectivity index is 1.66. The number of aliphatic hydroxyl groups excluding tert-OH is 4. The van der Waals surface area contributed by atoms with Crippen molar-refractivity contribution in [3.05, 3.63) is 53.9 Å². The Labute approximate surface area is 344 Å². The van der Waals surface area contributed by atoms with Gasteiger partial charge in [0, 0.05) is 29.4 Å². The van der Waals surface area contributed by atoms with E-state index in [0.717, 1.165) is 17.3 Å². The summed E-state index contributed by atoms with van der Waals surface area (Å²) in [5.74, 6) is -2.59. The number of aromatic nitrogens is 6. The summed E-state index contributed by atoms with van der Waals surface area (Å²) < 4.78 is 122. The Morgan fingerprint density at radius 2 is 1.15 bits per heavy atom. The zero-order chi connectivity index (χ0) is 44.3. The highest BCUT2D eigenvalue weighted by Gasteiger charge is 2.29. The molecule has 0 fully saturated rings. The van der Waals surface area contributed by atoms with Gasteiger partial charge in [0.25, 0.3) is 30.4 Å². The maximum absolute atomic E-state index is 12.6. The molecule has 0 spiro atoms. The highest BCUT2D eigenvalue weighted by molar-refractivity contribution is 7.86. The molecule has 1 atom stereocenters. The molecule has 0 saturated carbocycles. The van der Waals surface area contributed by atoms with E-state index in [1.165, 1.54) is 42.5 Å². The first-order valence-electron chi connectivity index (χ1n) is 16.9. The monoisotopic (exact) mass is 920 g/mol. The number of hydrogen-bond acceptors (Lipinski definition) is 23. The minimum absolute atomic E-state index is 0.0529. The number of nitrogens with zero attached hydrogens (tertiary/aromatic N) is 7. The zero-order valence-corrected chi connectivity index (χ0v) is 33.9. The summed E-state index contributed by atoms with van der Waals surface area (Å²) in [7, 11) is -13.7. The van der Waals surface area contributed by atoms with Gasteiger partial charge in [-0.05, 0) is 46.5 Å². The summed E-state index contributed by atoms with van der Waals surface area (Å²) in [6, 6.07) is 5.16. The van der Waals surface area contributed by atoms with Crippen LogP contribution in [-0.4, -0.2) is 161 Å². The predicted molar refractivity (Wildman–Crippen MR) is 213 cm³/mol. The average molecular weight is 921 g/mol. The van der Waals surface area contributed by atoms with Crippen molar-refractivity contribution in [3.63, 3.8) is 0 Å². The highest BCUT2D eigenvalue weighted by atomic mass is 32.2. The topological polar surface area (TPSA) is 413 Å². The molecule has 0 saturated heterocycles. The van der Waals surface area contributed by atoms with Crippen LogP contribution in [0, 0.1) is 0 Å². The number of nitrogens with one attached hydrogen (secondary N) is 4. The summed E-state index contributed by atoms with van der Waals surface area (Å²) >= 11 is -2.85. The highest BCUT2D eigenvalue weighted by Crippen LogP contribution is 2.28. The lowest BCUT2D eigenvalue weighted by Crippen LogP contribution is -2.51. The number of benzene rings is 2. The molecule has 328 valence electrons. The predicted octanol–water partition coefficient (Wildman–Crippen LogP) is -1.69. The Kier molecular flexibility index (Phi) is 16.6. The van der Waals surface area contributed by atoms with E-state index >= 15 is 0 Å². The Morgan fingerprint density at radius 1 is 0.667 bits per heavy atom. The molecule has 30 heteroatoms. The molecule has 26 nitrogen and oxygen atoms in total. The third-order valence-corrected chi connectivity index (χ3v) is 10.8. The molecule has 2 aromatic carbocycles. The van der Waals surface area contributed by atoms with Gasteiger partial charge in [-0.2, -0.15) is 45.2 Å². The maximum atomic E-state index is 12.6. The van der Waals surface area contributed by atoms with Crippen molar-refractivity contribution in [2.24, 2.45) is 0 Å². The van der Waals surface area contributed by atoms with Gasteiger partial charge < -0.3 is 51.1 Å². The molecule has 60 heavy (non-hydrogen) atoms. The van der Waals surface area contributed by atoms with Crippen LogP contribution in [0.4, 0.5) is 41.1 Å². The van der Waals surface area contributed by atoms with E-state index in [1.54, 1.807) is 0 Å². The van der Waals surface area contributed by atoms with Gasteiger partial charge in [0.05, 0.1) is 50.0 Å². The van der Waals surface area contributed by atoms with Crippen LogP contribution >= 0.6 is 0 Å². The second kappa shape index (κ2) is 20.9. The fraction of sp³-hybridized carbons (Fsp3) is 0.333. The van der Waals surface area contributed by atoms with Crippen molar-refractivity contribution < 1.29 is 68.1 Å². The summed E-state index contributed by atoms with van der Waals surface area (Å²) in [5.41, 5.74) is 0.0685. The fourth-order valence-electron chi connectivity index (χ4n) is 5.04. The number of hydrogen-bond donors (Lipinski definition) is 11. The third-order valence-electron chi connectivity index (χ3n) is 7.78. The fourth-order valence-corrected chi connectivity index (χ4v) is 7.02. The van der Waals surface area contributed by atoms with Gasteiger partial charge in [0.2, 0.25) is 29.7 Å². The van der Waals surface area contributed by atoms with Gasteiger partial charge >= 0.3 is 0 Å². The second-order valence-corrected chi connectivity index (χ2v) is 17.5. The lowest BCUT2D eigenvalue weighted by Gasteiger charge is -2.35. The Bertz CT molecular complexity index is 2500. The average Bonchev–Trinajstić information content (AvgIpc) is 3.16. The number of anilines is 7. The van der Waals surface area contributed by atoms with E-state index in [4.69, 9.17) is 9.11 Å². The molecule has 0 aliphatic rings. The smallest absolute Gasteiger partial charge is 0.295 e. The lowest BCUT2D eigenvalue weighted by atomic mass is 10.1. The van der Waals surface area contributed by atoms with Crippen LogP contribution in [-0.2, 0) is 41.4 Å². The van der Waals surface area contributed by atoms with Crippen LogP contribution in [0.3, 0.4) is 0 Å². The normalized spacial score (nSPS) is 12.8. The molecular formula is C30H38N11O15S4-. The van der Waals surface area contributed by atoms with Gasteiger partial charge in [0.1, 0.15) is 11.2 Å². The maximum Gasteiger partial charge on any atom is 0.295 e. The van der Waals surface area contributed by atoms with Crippen LogP contribution in [0.25, 0.3) is 12.2 Å². The molecule has 0 aliphatic carbocycles. The van der Waals surface area contributed by atoms with E-state index in [1.807, 2.05) is 0 Å². The lowest BCUT2D eigenvalue weighted by molar-refractivity contribution is 0.142. The van der Waals surface area contributed by atoms with Crippen LogP contribution in [0.5, 0.6) is 0 Å². The SMILES string of the molecule is O=S([O-])c1cc(Nc2ncnc(NCCS(=O)(=O)O)n2)ccc1C=Cc1ccc(Nc2nc(NCCS(=O)(=O)O)nc(N(C(CO)CO)C(CO)CO)n2)cc1S(=O)(=O)O. The van der Waals surface area contributed by atoms with Gasteiger partial charge in [-0.1, -0.05) is 24.3 Å². The largest absolute Gasteiger partial charge is 0.768 e. The van der Waals surface area contributed by atoms with E-state index in [2.05, 4.69) is 51.2 Å². The van der Waals surface area contributed by atoms with Gasteiger partial charge in [-0.3, -0.25) is 17.9 Å². The molecular weight excluding hydrogens is 883 g/mol. The Hall–Kier alpha value is -5.12. The standard InChI is InChI=1S/C30H39N11O15S4/c42-13-22(14-43)41(23(15-44)16-45)30-39-27(32-8-10-59(51,52)53)38-29(40-30)36-21-6-4-19(25(12-21)60(54,55)56)2-1-18-3-5-20(11-24(18)57(46)47)35-28-34-17-33-26(37-28)31-7-9-58(48,49)50/h1-6,11-12,17,22-23,42-45H,7-10,13-16H2,(H,46,47)(H,48,49,50)(H,51,52,53)(H,54,55,56)(H2,31,33,34,35,37)(H2,32,36,38,39,40)/p-1. The number of aliphatic hydroxyl groups is 4. The van der Waals surface area contributed by atoms with Crippen LogP contribution in [0.15, 0.2) is 52.5 Å². The first kappa shape index (κ1) is 47.6. The van der Waals surface area contributed by atoms with Crippen molar-refractivity contribution in [2.75, 3.05) is 77.2 Å². The molecule has 4 rings (SSSR count). The van der Waals surface area contributed by atoms with Crippen molar-refractivity contribution in [1.82, 2.24) is 29.9 Å². The van der Waals surface area contributed by atoms with Crippen molar-refractivity contribution in [3.8, 4) is 0 Å². The quantitative estimate of drug-likeness (QED) is 0.0225. The Morgan fingerprint density at radius 3 is 1.70 bits per heavy atom. The van der Waals surface area contributed by atoms with Gasteiger partial charge in [-0.15, -0.1) is 0 Å². The minimum Gasteiger partial charge on any atom is -0.768 e. The first-order valence-corrected chi connectivity index (χ1v) is 22.6. The van der Waals surface area contributed by atoms with Crippen molar-refractivity contribution >= 4 is 94.7 Å². The summed E-state index contributed by atoms with van der Waals surface area (Å²) in [5, 5.41) is 50.2. The molecule has 1 unspecified atom stereocenters. The molecule has 2 aromatic heterocycles. The first-order chi connectivity index (χ1) is 28.2. The van der Waals surface area contributed by atoms with E-state index in [9.17, 15) is 59.0 Å². The van der Waals surface area contributed by atoms with Crippen LogP contribution in [0.1, 0.15) is 11.1 Å². The van der Waals surface area contributed by atoms with Crippen LogP contribution < -0.4 is 26.2 Å². The van der Waals surface area contributed by atoms with Gasteiger partial charge in [-0.25, -0.2) is 9.97 Å².